The number of nitrogens with one attached hydrogen (secondary N) is 1. The van der Waals surface area contributed by atoms with E-state index in [4.69, 9.17) is 5.11 Å². The van der Waals surface area contributed by atoms with Crippen molar-refractivity contribution in [1.82, 2.24) is 14.2 Å². The summed E-state index contributed by atoms with van der Waals surface area (Å²) in [7, 11) is -1.76. The van der Waals surface area contributed by atoms with E-state index in [-0.39, 0.29) is 11.5 Å². The first kappa shape index (κ1) is 16.2. The average Bonchev–Trinajstić information content (AvgIpc) is 2.74. The average molecular weight is 314 g/mol. The summed E-state index contributed by atoms with van der Waals surface area (Å²) in [5.41, 5.74) is 0. The number of hydrogen-bond donors (Lipinski definition) is 2. The fourth-order valence-electron chi connectivity index (χ4n) is 2.38. The van der Waals surface area contributed by atoms with Crippen LogP contribution in [0, 0.1) is 0 Å². The number of sulfonamides is 1. The zero-order chi connectivity index (χ0) is 15.3. The predicted octanol–water partition coefficient (Wildman–Crippen LogP) is -0.188. The second-order valence-electron chi connectivity index (χ2n) is 4.95. The van der Waals surface area contributed by atoms with E-state index in [0.717, 1.165) is 13.0 Å². The third kappa shape index (κ3) is 3.91. The first-order chi connectivity index (χ1) is 10.1. The maximum Gasteiger partial charge on any atom is 0.244 e. The summed E-state index contributed by atoms with van der Waals surface area (Å²) in [5.74, 6) is 0.638. The molecule has 1 fully saturated rings. The van der Waals surface area contributed by atoms with Gasteiger partial charge >= 0.3 is 0 Å². The topological polar surface area (TPSA) is 85.8 Å². The van der Waals surface area contributed by atoms with Gasteiger partial charge in [-0.25, -0.2) is 13.4 Å². The molecule has 2 rings (SSSR count). The molecule has 0 radical (unpaired) electrons. The molecule has 2 N–H and O–H groups in total. The van der Waals surface area contributed by atoms with Crippen LogP contribution in [0.3, 0.4) is 0 Å². The van der Waals surface area contributed by atoms with Crippen molar-refractivity contribution in [3.63, 3.8) is 0 Å². The van der Waals surface area contributed by atoms with Crippen LogP contribution >= 0.6 is 0 Å². The van der Waals surface area contributed by atoms with E-state index in [0.29, 0.717) is 32.0 Å². The molecule has 0 aromatic carbocycles. The van der Waals surface area contributed by atoms with E-state index in [9.17, 15) is 8.42 Å². The van der Waals surface area contributed by atoms with E-state index in [1.165, 1.54) is 10.5 Å². The Bertz CT molecular complexity index is 547. The molecule has 2 heterocycles. The second kappa shape index (κ2) is 7.17. The predicted molar refractivity (Wildman–Crippen MR) is 80.7 cm³/mol. The lowest BCUT2D eigenvalue weighted by Gasteiger charge is -2.21. The van der Waals surface area contributed by atoms with Crippen LogP contribution in [0.15, 0.2) is 23.2 Å². The van der Waals surface area contributed by atoms with Crippen molar-refractivity contribution in [3.05, 3.63) is 18.3 Å². The third-order valence-corrected chi connectivity index (χ3v) is 5.48. The molecule has 1 saturated heterocycles. The highest BCUT2D eigenvalue weighted by Gasteiger charge is 2.26. The normalized spacial score (nSPS) is 18.4. The Hall–Kier alpha value is -1.22. The van der Waals surface area contributed by atoms with Crippen LogP contribution in [-0.2, 0) is 10.0 Å². The van der Waals surface area contributed by atoms with Gasteiger partial charge in [-0.2, -0.15) is 4.31 Å². The Balaban J connectivity index is 2.11. The summed E-state index contributed by atoms with van der Waals surface area (Å²) in [4.78, 5) is 6.37. The van der Waals surface area contributed by atoms with Gasteiger partial charge in [0.2, 0.25) is 10.0 Å². The lowest BCUT2D eigenvalue weighted by Crippen LogP contribution is -2.36. The molecule has 0 spiro atoms. The smallest absolute Gasteiger partial charge is 0.244 e. The van der Waals surface area contributed by atoms with Gasteiger partial charge in [-0.05, 0) is 25.1 Å². The highest BCUT2D eigenvalue weighted by atomic mass is 32.2. The van der Waals surface area contributed by atoms with Crippen molar-refractivity contribution >= 4 is 15.8 Å². The Morgan fingerprint density at radius 3 is 2.71 bits per heavy atom. The van der Waals surface area contributed by atoms with Crippen LogP contribution in [0.5, 0.6) is 0 Å². The van der Waals surface area contributed by atoms with E-state index < -0.39 is 10.0 Å². The van der Waals surface area contributed by atoms with Gasteiger partial charge in [-0.1, -0.05) is 0 Å². The molecule has 8 heteroatoms. The van der Waals surface area contributed by atoms with Crippen LogP contribution in [-0.4, -0.2) is 74.1 Å². The molecule has 1 aliphatic rings. The molecule has 0 unspecified atom stereocenters. The second-order valence-corrected chi connectivity index (χ2v) is 6.89. The van der Waals surface area contributed by atoms with E-state index >= 15 is 0 Å². The highest BCUT2D eigenvalue weighted by molar-refractivity contribution is 7.89. The highest BCUT2D eigenvalue weighted by Crippen LogP contribution is 2.18. The Morgan fingerprint density at radius 2 is 2.10 bits per heavy atom. The zero-order valence-corrected chi connectivity index (χ0v) is 13.0. The van der Waals surface area contributed by atoms with Gasteiger partial charge in [0.15, 0.2) is 0 Å². The fourth-order valence-corrected chi connectivity index (χ4v) is 3.80. The van der Waals surface area contributed by atoms with Gasteiger partial charge in [0.1, 0.15) is 10.7 Å². The van der Waals surface area contributed by atoms with Gasteiger partial charge in [0, 0.05) is 39.4 Å². The van der Waals surface area contributed by atoms with Crippen molar-refractivity contribution < 1.29 is 13.5 Å². The van der Waals surface area contributed by atoms with Crippen molar-refractivity contribution in [2.45, 2.75) is 11.3 Å². The molecule has 118 valence electrons. The van der Waals surface area contributed by atoms with Crippen LogP contribution in [0.25, 0.3) is 0 Å². The van der Waals surface area contributed by atoms with Crippen LogP contribution < -0.4 is 5.32 Å². The minimum atomic E-state index is -3.49. The number of hydrogen-bond acceptors (Lipinski definition) is 6. The van der Waals surface area contributed by atoms with Gasteiger partial charge in [-0.15, -0.1) is 0 Å². The van der Waals surface area contributed by atoms with E-state index in [1.54, 1.807) is 19.2 Å². The van der Waals surface area contributed by atoms with Crippen molar-refractivity contribution in [2.24, 2.45) is 0 Å². The van der Waals surface area contributed by atoms with Gasteiger partial charge in [0.05, 0.1) is 6.61 Å². The molecular formula is C13H22N4O3S. The van der Waals surface area contributed by atoms with Gasteiger partial charge < -0.3 is 10.4 Å². The number of β-amino-alcohol motifs (C(OH)–C–C–N with tert-alkyl or cyclic N) is 1. The van der Waals surface area contributed by atoms with Crippen molar-refractivity contribution in [2.75, 3.05) is 51.7 Å². The molecule has 0 aliphatic carbocycles. The Morgan fingerprint density at radius 1 is 1.29 bits per heavy atom. The first-order valence-electron chi connectivity index (χ1n) is 7.05. The largest absolute Gasteiger partial charge is 0.395 e. The minimum Gasteiger partial charge on any atom is -0.395 e. The van der Waals surface area contributed by atoms with E-state index in [2.05, 4.69) is 15.2 Å². The van der Waals surface area contributed by atoms with E-state index in [1.807, 2.05) is 0 Å². The van der Waals surface area contributed by atoms with Crippen LogP contribution in [0.4, 0.5) is 5.82 Å². The van der Waals surface area contributed by atoms with Crippen molar-refractivity contribution in [1.29, 1.82) is 0 Å². The first-order valence-corrected chi connectivity index (χ1v) is 8.49. The lowest BCUT2D eigenvalue weighted by molar-refractivity contribution is 0.202. The van der Waals surface area contributed by atoms with Gasteiger partial charge in [-0.3, -0.25) is 4.90 Å². The standard InChI is InChI=1S/C13H22N4O3S/c1-14-13-4-3-12(11-15-13)21(19,20)17-6-2-5-16(7-8-17)9-10-18/h3-4,11,18H,2,5-10H2,1H3,(H,14,15). The van der Waals surface area contributed by atoms with Gasteiger partial charge in [0.25, 0.3) is 0 Å². The summed E-state index contributed by atoms with van der Waals surface area (Å²) in [6.45, 7) is 3.08. The molecule has 1 aromatic heterocycles. The molecule has 1 aromatic rings. The number of aliphatic hydroxyl groups is 1. The molecule has 0 amide bonds. The summed E-state index contributed by atoms with van der Waals surface area (Å²) in [6, 6.07) is 3.23. The molecule has 0 atom stereocenters. The quantitative estimate of drug-likeness (QED) is 0.784. The maximum absolute atomic E-state index is 12.6. The zero-order valence-electron chi connectivity index (χ0n) is 12.2. The minimum absolute atomic E-state index is 0.0994. The summed E-state index contributed by atoms with van der Waals surface area (Å²) in [6.07, 6.45) is 2.15. The maximum atomic E-state index is 12.6. The monoisotopic (exact) mass is 314 g/mol. The number of aliphatic hydroxyl groups excluding tert-OH is 1. The number of aromatic nitrogens is 1. The molecule has 0 bridgehead atoms. The van der Waals surface area contributed by atoms with Crippen LogP contribution in [0.2, 0.25) is 0 Å². The Labute approximate surface area is 125 Å². The molecule has 0 saturated carbocycles. The number of anilines is 1. The number of rotatable bonds is 5. The summed E-state index contributed by atoms with van der Waals surface area (Å²) in [5, 5.41) is 11.8. The Kier molecular flexibility index (Phi) is 5.51. The molecule has 7 nitrogen and oxygen atoms in total. The summed E-state index contributed by atoms with van der Waals surface area (Å²) < 4.78 is 26.7. The number of nitrogens with zero attached hydrogens (tertiary/aromatic N) is 3. The molecule has 21 heavy (non-hydrogen) atoms. The summed E-state index contributed by atoms with van der Waals surface area (Å²) >= 11 is 0. The van der Waals surface area contributed by atoms with Crippen molar-refractivity contribution in [3.8, 4) is 0 Å². The molecule has 1 aliphatic heterocycles. The lowest BCUT2D eigenvalue weighted by atomic mass is 10.4. The SMILES string of the molecule is CNc1ccc(S(=O)(=O)N2CCCN(CCO)CC2)cn1. The van der Waals surface area contributed by atoms with Crippen LogP contribution in [0.1, 0.15) is 6.42 Å². The third-order valence-electron chi connectivity index (χ3n) is 3.59. The number of pyridine rings is 1. The fraction of sp³-hybridized carbons (Fsp3) is 0.615. The molecular weight excluding hydrogens is 292 g/mol.